The number of rotatable bonds is 4. The zero-order valence-corrected chi connectivity index (χ0v) is 11.1. The highest BCUT2D eigenvalue weighted by atomic mass is 19.3. The fourth-order valence-electron chi connectivity index (χ4n) is 1.92. The van der Waals surface area contributed by atoms with Crippen molar-refractivity contribution >= 4 is 12.2 Å². The first kappa shape index (κ1) is 14.4. The highest BCUT2D eigenvalue weighted by molar-refractivity contribution is 5.70. The maximum atomic E-state index is 13.2. The van der Waals surface area contributed by atoms with E-state index >= 15 is 0 Å². The summed E-state index contributed by atoms with van der Waals surface area (Å²) < 4.78 is 38.4. The molecule has 0 atom stereocenters. The average molecular weight is 276 g/mol. The summed E-state index contributed by atoms with van der Waals surface area (Å²) in [7, 11) is 0. The van der Waals surface area contributed by atoms with Gasteiger partial charge in [-0.3, -0.25) is 0 Å². The van der Waals surface area contributed by atoms with E-state index in [2.05, 4.69) is 6.92 Å². The predicted molar refractivity (Wildman–Crippen MR) is 76.1 cm³/mol. The van der Waals surface area contributed by atoms with Crippen LogP contribution in [0.2, 0.25) is 0 Å². The Morgan fingerprint density at radius 1 is 0.950 bits per heavy atom. The summed E-state index contributed by atoms with van der Waals surface area (Å²) in [6, 6.07) is 11.3. The SMILES string of the molecule is CCc1ccc(/C=C/c2cc(F)cc(C(F)F)c2)cc1. The van der Waals surface area contributed by atoms with E-state index in [4.69, 9.17) is 0 Å². The molecule has 0 heterocycles. The molecular formula is C17H15F3. The molecule has 20 heavy (non-hydrogen) atoms. The van der Waals surface area contributed by atoms with E-state index in [0.717, 1.165) is 18.1 Å². The zero-order chi connectivity index (χ0) is 14.5. The van der Waals surface area contributed by atoms with Crippen LogP contribution in [0.4, 0.5) is 13.2 Å². The summed E-state index contributed by atoms with van der Waals surface area (Å²) in [6.07, 6.45) is 1.71. The second kappa shape index (κ2) is 6.42. The van der Waals surface area contributed by atoms with Gasteiger partial charge >= 0.3 is 0 Å². The van der Waals surface area contributed by atoms with Gasteiger partial charge in [0.1, 0.15) is 5.82 Å². The van der Waals surface area contributed by atoms with Gasteiger partial charge in [-0.1, -0.05) is 43.3 Å². The van der Waals surface area contributed by atoms with Gasteiger partial charge < -0.3 is 0 Å². The normalized spacial score (nSPS) is 11.4. The number of benzene rings is 2. The van der Waals surface area contributed by atoms with Crippen molar-refractivity contribution in [3.63, 3.8) is 0 Å². The van der Waals surface area contributed by atoms with Gasteiger partial charge in [-0.25, -0.2) is 13.2 Å². The maximum Gasteiger partial charge on any atom is 0.263 e. The summed E-state index contributed by atoms with van der Waals surface area (Å²) in [5, 5.41) is 0. The van der Waals surface area contributed by atoms with E-state index in [-0.39, 0.29) is 5.56 Å². The lowest BCUT2D eigenvalue weighted by molar-refractivity contribution is 0.151. The van der Waals surface area contributed by atoms with Gasteiger partial charge in [-0.05, 0) is 41.3 Å². The first-order chi connectivity index (χ1) is 9.58. The van der Waals surface area contributed by atoms with Gasteiger partial charge in [-0.2, -0.15) is 0 Å². The van der Waals surface area contributed by atoms with E-state index in [0.29, 0.717) is 5.56 Å². The zero-order valence-electron chi connectivity index (χ0n) is 11.1. The van der Waals surface area contributed by atoms with Crippen molar-refractivity contribution in [1.29, 1.82) is 0 Å². The Morgan fingerprint density at radius 2 is 1.60 bits per heavy atom. The molecule has 2 aromatic rings. The van der Waals surface area contributed by atoms with Crippen LogP contribution in [0.3, 0.4) is 0 Å². The fraction of sp³-hybridized carbons (Fsp3) is 0.176. The lowest BCUT2D eigenvalue weighted by Gasteiger charge is -2.02. The van der Waals surface area contributed by atoms with E-state index in [1.807, 2.05) is 24.3 Å². The van der Waals surface area contributed by atoms with Crippen molar-refractivity contribution in [1.82, 2.24) is 0 Å². The molecule has 0 aliphatic carbocycles. The predicted octanol–water partition coefficient (Wildman–Crippen LogP) is 5.50. The Hall–Kier alpha value is -2.03. The lowest BCUT2D eigenvalue weighted by Crippen LogP contribution is -1.88. The maximum absolute atomic E-state index is 13.2. The molecule has 0 aliphatic rings. The van der Waals surface area contributed by atoms with Crippen molar-refractivity contribution in [2.75, 3.05) is 0 Å². The number of aryl methyl sites for hydroxylation is 1. The van der Waals surface area contributed by atoms with Crippen molar-refractivity contribution in [3.05, 3.63) is 70.5 Å². The molecule has 0 radical (unpaired) electrons. The highest BCUT2D eigenvalue weighted by Gasteiger charge is 2.08. The van der Waals surface area contributed by atoms with Crippen LogP contribution in [-0.4, -0.2) is 0 Å². The van der Waals surface area contributed by atoms with Gasteiger partial charge in [0, 0.05) is 5.56 Å². The van der Waals surface area contributed by atoms with Crippen LogP contribution in [0.15, 0.2) is 42.5 Å². The van der Waals surface area contributed by atoms with E-state index in [1.54, 1.807) is 12.2 Å². The van der Waals surface area contributed by atoms with Gasteiger partial charge in [0.15, 0.2) is 0 Å². The molecule has 0 spiro atoms. The topological polar surface area (TPSA) is 0 Å². The third-order valence-electron chi connectivity index (χ3n) is 3.05. The Morgan fingerprint density at radius 3 is 2.20 bits per heavy atom. The summed E-state index contributed by atoms with van der Waals surface area (Å²) in [4.78, 5) is 0. The molecule has 0 nitrogen and oxygen atoms in total. The largest absolute Gasteiger partial charge is 0.263 e. The summed E-state index contributed by atoms with van der Waals surface area (Å²) in [6.45, 7) is 2.07. The molecule has 0 bridgehead atoms. The van der Waals surface area contributed by atoms with Crippen molar-refractivity contribution in [2.24, 2.45) is 0 Å². The van der Waals surface area contributed by atoms with Crippen LogP contribution >= 0.6 is 0 Å². The van der Waals surface area contributed by atoms with Crippen LogP contribution in [0.5, 0.6) is 0 Å². The Bertz CT molecular complexity index is 598. The first-order valence-corrected chi connectivity index (χ1v) is 6.44. The van der Waals surface area contributed by atoms with Crippen LogP contribution in [-0.2, 0) is 6.42 Å². The van der Waals surface area contributed by atoms with Crippen LogP contribution in [0, 0.1) is 5.82 Å². The molecule has 104 valence electrons. The molecule has 0 fully saturated rings. The molecule has 0 amide bonds. The molecule has 0 saturated heterocycles. The Labute approximate surface area is 116 Å². The first-order valence-electron chi connectivity index (χ1n) is 6.44. The molecular weight excluding hydrogens is 261 g/mol. The minimum atomic E-state index is -2.67. The number of hydrogen-bond donors (Lipinski definition) is 0. The van der Waals surface area contributed by atoms with Gasteiger partial charge in [-0.15, -0.1) is 0 Å². The third-order valence-corrected chi connectivity index (χ3v) is 3.05. The summed E-state index contributed by atoms with van der Waals surface area (Å²) in [5.41, 5.74) is 2.31. The molecule has 0 saturated carbocycles. The number of hydrogen-bond acceptors (Lipinski definition) is 0. The molecule has 0 unspecified atom stereocenters. The Balaban J connectivity index is 2.21. The minimum absolute atomic E-state index is 0.300. The van der Waals surface area contributed by atoms with Gasteiger partial charge in [0.05, 0.1) is 0 Å². The molecule has 0 aliphatic heterocycles. The van der Waals surface area contributed by atoms with Crippen LogP contribution < -0.4 is 0 Å². The second-order valence-electron chi connectivity index (χ2n) is 4.55. The smallest absolute Gasteiger partial charge is 0.207 e. The number of halogens is 3. The molecule has 3 heteroatoms. The van der Waals surface area contributed by atoms with Crippen LogP contribution in [0.25, 0.3) is 12.2 Å². The standard InChI is InChI=1S/C17H15F3/c1-2-12-3-5-13(6-4-12)7-8-14-9-15(17(19)20)11-16(18)10-14/h3-11,17H,2H2,1H3/b8-7+. The van der Waals surface area contributed by atoms with Crippen molar-refractivity contribution in [3.8, 4) is 0 Å². The average Bonchev–Trinajstić information content (AvgIpc) is 2.45. The van der Waals surface area contributed by atoms with E-state index in [1.165, 1.54) is 17.7 Å². The third kappa shape index (κ3) is 3.73. The van der Waals surface area contributed by atoms with E-state index < -0.39 is 12.2 Å². The quantitative estimate of drug-likeness (QED) is 0.647. The summed E-state index contributed by atoms with van der Waals surface area (Å²) in [5.74, 6) is -0.649. The van der Waals surface area contributed by atoms with Gasteiger partial charge in [0.2, 0.25) is 0 Å². The van der Waals surface area contributed by atoms with Crippen molar-refractivity contribution < 1.29 is 13.2 Å². The van der Waals surface area contributed by atoms with Crippen LogP contribution in [0.1, 0.15) is 35.6 Å². The molecule has 0 N–H and O–H groups in total. The highest BCUT2D eigenvalue weighted by Crippen LogP contribution is 2.22. The monoisotopic (exact) mass is 276 g/mol. The van der Waals surface area contributed by atoms with Gasteiger partial charge in [0.25, 0.3) is 6.43 Å². The second-order valence-corrected chi connectivity index (χ2v) is 4.55. The summed E-state index contributed by atoms with van der Waals surface area (Å²) >= 11 is 0. The minimum Gasteiger partial charge on any atom is -0.207 e. The molecule has 2 rings (SSSR count). The fourth-order valence-corrected chi connectivity index (χ4v) is 1.92. The molecule has 2 aromatic carbocycles. The lowest BCUT2D eigenvalue weighted by atomic mass is 10.1. The Kier molecular flexibility index (Phi) is 4.61. The number of alkyl halides is 2. The molecule has 0 aromatic heterocycles. The van der Waals surface area contributed by atoms with Crippen molar-refractivity contribution in [2.45, 2.75) is 19.8 Å². The van der Waals surface area contributed by atoms with E-state index in [9.17, 15) is 13.2 Å².